The van der Waals surface area contributed by atoms with Crippen LogP contribution in [0.1, 0.15) is 38.7 Å². The van der Waals surface area contributed by atoms with E-state index in [1.54, 1.807) is 0 Å². The van der Waals surface area contributed by atoms with Crippen molar-refractivity contribution in [1.29, 1.82) is 0 Å². The van der Waals surface area contributed by atoms with Crippen molar-refractivity contribution in [3.63, 3.8) is 0 Å². The molecule has 1 aromatic carbocycles. The summed E-state index contributed by atoms with van der Waals surface area (Å²) in [5.74, 6) is 0.956. The first-order valence-electron chi connectivity index (χ1n) is 7.36. The number of nitrogens with one attached hydrogen (secondary N) is 1. The second-order valence-electron chi connectivity index (χ2n) is 5.25. The Bertz CT molecular complexity index is 358. The molecule has 1 heterocycles. The average molecular weight is 263 g/mol. The largest absolute Gasteiger partial charge is 0.491 e. The predicted molar refractivity (Wildman–Crippen MR) is 77.5 cm³/mol. The van der Waals surface area contributed by atoms with Crippen LogP contribution in [0, 0.1) is 0 Å². The van der Waals surface area contributed by atoms with Crippen LogP contribution in [0.3, 0.4) is 0 Å². The Kier molecular flexibility index (Phi) is 5.67. The van der Waals surface area contributed by atoms with Crippen LogP contribution in [0.25, 0.3) is 0 Å². The molecule has 0 unspecified atom stereocenters. The van der Waals surface area contributed by atoms with Gasteiger partial charge in [0.15, 0.2) is 0 Å². The first-order chi connectivity index (χ1) is 9.28. The highest BCUT2D eigenvalue weighted by atomic mass is 16.5. The van der Waals surface area contributed by atoms with E-state index < -0.39 is 0 Å². The minimum atomic E-state index is 0.281. The molecular formula is C16H25NO2. The van der Waals surface area contributed by atoms with E-state index in [9.17, 15) is 0 Å². The average Bonchev–Trinajstić information content (AvgIpc) is 2.94. The van der Waals surface area contributed by atoms with E-state index >= 15 is 0 Å². The third-order valence-electron chi connectivity index (χ3n) is 3.56. The molecule has 0 saturated carbocycles. The van der Waals surface area contributed by atoms with Crippen LogP contribution >= 0.6 is 0 Å². The topological polar surface area (TPSA) is 30.5 Å². The second kappa shape index (κ2) is 7.51. The van der Waals surface area contributed by atoms with E-state index in [2.05, 4.69) is 43.4 Å². The maximum absolute atomic E-state index is 5.76. The highest BCUT2D eigenvalue weighted by molar-refractivity contribution is 5.27. The van der Waals surface area contributed by atoms with E-state index in [1.807, 2.05) is 0 Å². The lowest BCUT2D eigenvalue weighted by molar-refractivity contribution is 0.110. The van der Waals surface area contributed by atoms with Gasteiger partial charge in [-0.05, 0) is 43.9 Å². The van der Waals surface area contributed by atoms with Gasteiger partial charge in [0.2, 0.25) is 0 Å². The summed E-state index contributed by atoms with van der Waals surface area (Å²) in [6, 6.07) is 8.35. The molecule has 106 valence electrons. The maximum Gasteiger partial charge on any atom is 0.119 e. The zero-order valence-electron chi connectivity index (χ0n) is 12.0. The first-order valence-corrected chi connectivity index (χ1v) is 7.36. The molecule has 0 aromatic heterocycles. The minimum Gasteiger partial charge on any atom is -0.491 e. The molecule has 1 aromatic rings. The fraction of sp³-hybridized carbons (Fsp3) is 0.625. The van der Waals surface area contributed by atoms with Gasteiger partial charge in [-0.25, -0.2) is 0 Å². The lowest BCUT2D eigenvalue weighted by atomic mass is 10.2. The van der Waals surface area contributed by atoms with Gasteiger partial charge in [-0.3, -0.25) is 0 Å². The molecule has 0 amide bonds. The molecule has 1 saturated heterocycles. The Labute approximate surface area is 116 Å². The fourth-order valence-electron chi connectivity index (χ4n) is 2.18. The van der Waals surface area contributed by atoms with Crippen LogP contribution < -0.4 is 10.1 Å². The molecule has 3 nitrogen and oxygen atoms in total. The van der Waals surface area contributed by atoms with Gasteiger partial charge in [0.05, 0.1) is 12.2 Å². The highest BCUT2D eigenvalue weighted by Gasteiger charge is 2.14. The van der Waals surface area contributed by atoms with Gasteiger partial charge in [0.25, 0.3) is 0 Å². The first kappa shape index (κ1) is 14.4. The second-order valence-corrected chi connectivity index (χ2v) is 5.25. The summed E-state index contributed by atoms with van der Waals surface area (Å²) < 4.78 is 11.3. The lowest BCUT2D eigenvalue weighted by Crippen LogP contribution is -2.25. The van der Waals surface area contributed by atoms with E-state index in [-0.39, 0.29) is 6.10 Å². The Morgan fingerprint density at radius 2 is 2.16 bits per heavy atom. The van der Waals surface area contributed by atoms with E-state index in [0.717, 1.165) is 31.9 Å². The molecule has 1 aliphatic rings. The standard InChI is InChI=1S/C16H25NO2/c1-3-13(2)19-15-8-6-14(7-9-15)11-17-12-16-5-4-10-18-16/h6-9,13,16-17H,3-5,10-12H2,1-2H3/t13-,16-/m0/s1. The number of ether oxygens (including phenoxy) is 2. The van der Waals surface area contributed by atoms with E-state index in [1.165, 1.54) is 18.4 Å². The summed E-state index contributed by atoms with van der Waals surface area (Å²) in [5, 5.41) is 3.45. The molecule has 0 radical (unpaired) electrons. The molecule has 2 atom stereocenters. The third kappa shape index (κ3) is 4.84. The van der Waals surface area contributed by atoms with Crippen LogP contribution in [0.4, 0.5) is 0 Å². The molecule has 1 aliphatic heterocycles. The fourth-order valence-corrected chi connectivity index (χ4v) is 2.18. The van der Waals surface area contributed by atoms with E-state index in [4.69, 9.17) is 9.47 Å². The third-order valence-corrected chi connectivity index (χ3v) is 3.56. The van der Waals surface area contributed by atoms with Gasteiger partial charge in [0, 0.05) is 19.7 Å². The van der Waals surface area contributed by atoms with Gasteiger partial charge in [-0.15, -0.1) is 0 Å². The highest BCUT2D eigenvalue weighted by Crippen LogP contribution is 2.15. The Morgan fingerprint density at radius 1 is 1.37 bits per heavy atom. The Balaban J connectivity index is 1.71. The van der Waals surface area contributed by atoms with Gasteiger partial charge >= 0.3 is 0 Å². The van der Waals surface area contributed by atoms with Crippen LogP contribution in [0.2, 0.25) is 0 Å². The van der Waals surface area contributed by atoms with Crippen molar-refractivity contribution in [2.24, 2.45) is 0 Å². The van der Waals surface area contributed by atoms with Crippen LogP contribution in [0.15, 0.2) is 24.3 Å². The molecule has 0 aliphatic carbocycles. The lowest BCUT2D eigenvalue weighted by Gasteiger charge is -2.13. The number of benzene rings is 1. The van der Waals surface area contributed by atoms with Crippen LogP contribution in [-0.4, -0.2) is 25.4 Å². The maximum atomic E-state index is 5.76. The summed E-state index contributed by atoms with van der Waals surface area (Å²) >= 11 is 0. The molecule has 2 rings (SSSR count). The molecule has 3 heteroatoms. The van der Waals surface area contributed by atoms with Crippen molar-refractivity contribution in [2.45, 2.75) is 51.9 Å². The number of rotatable bonds is 7. The zero-order valence-corrected chi connectivity index (χ0v) is 12.0. The van der Waals surface area contributed by atoms with Gasteiger partial charge < -0.3 is 14.8 Å². The normalized spacial score (nSPS) is 20.4. The summed E-state index contributed by atoms with van der Waals surface area (Å²) in [5.41, 5.74) is 1.29. The predicted octanol–water partition coefficient (Wildman–Crippen LogP) is 3.13. The Hall–Kier alpha value is -1.06. The van der Waals surface area contributed by atoms with Crippen LogP contribution in [-0.2, 0) is 11.3 Å². The molecule has 19 heavy (non-hydrogen) atoms. The van der Waals surface area contributed by atoms with E-state index in [0.29, 0.717) is 6.10 Å². The van der Waals surface area contributed by atoms with Crippen molar-refractivity contribution >= 4 is 0 Å². The zero-order chi connectivity index (χ0) is 13.5. The van der Waals surface area contributed by atoms with Gasteiger partial charge in [0.1, 0.15) is 5.75 Å². The van der Waals surface area contributed by atoms with Crippen molar-refractivity contribution in [2.75, 3.05) is 13.2 Å². The quantitative estimate of drug-likeness (QED) is 0.820. The number of hydrogen-bond donors (Lipinski definition) is 1. The van der Waals surface area contributed by atoms with Crippen molar-refractivity contribution in [1.82, 2.24) is 5.32 Å². The minimum absolute atomic E-state index is 0.281. The van der Waals surface area contributed by atoms with Gasteiger partial charge in [-0.2, -0.15) is 0 Å². The smallest absolute Gasteiger partial charge is 0.119 e. The van der Waals surface area contributed by atoms with Crippen molar-refractivity contribution in [3.05, 3.63) is 29.8 Å². The van der Waals surface area contributed by atoms with Crippen molar-refractivity contribution in [3.8, 4) is 5.75 Å². The molecule has 0 spiro atoms. The summed E-state index contributed by atoms with van der Waals surface area (Å²) in [4.78, 5) is 0. The summed E-state index contributed by atoms with van der Waals surface area (Å²) in [6.45, 7) is 6.99. The molecule has 1 N–H and O–H groups in total. The van der Waals surface area contributed by atoms with Crippen LogP contribution in [0.5, 0.6) is 5.75 Å². The Morgan fingerprint density at radius 3 is 2.79 bits per heavy atom. The molecule has 1 fully saturated rings. The van der Waals surface area contributed by atoms with Crippen molar-refractivity contribution < 1.29 is 9.47 Å². The SMILES string of the molecule is CC[C@H](C)Oc1ccc(CNC[C@@H]2CCCO2)cc1. The molecular weight excluding hydrogens is 238 g/mol. The summed E-state index contributed by atoms with van der Waals surface area (Å²) in [7, 11) is 0. The monoisotopic (exact) mass is 263 g/mol. The summed E-state index contributed by atoms with van der Waals surface area (Å²) in [6.07, 6.45) is 4.12. The van der Waals surface area contributed by atoms with Gasteiger partial charge in [-0.1, -0.05) is 19.1 Å². The number of hydrogen-bond acceptors (Lipinski definition) is 3. The molecule has 0 bridgehead atoms.